The molecule has 2 aromatic carbocycles. The third-order valence-electron chi connectivity index (χ3n) is 5.01. The van der Waals surface area contributed by atoms with Crippen molar-refractivity contribution in [3.05, 3.63) is 64.1 Å². The largest absolute Gasteiger partial charge is 0.465 e. The average molecular weight is 536 g/mol. The van der Waals surface area contributed by atoms with Gasteiger partial charge in [-0.25, -0.2) is 19.0 Å². The van der Waals surface area contributed by atoms with Gasteiger partial charge in [0, 0.05) is 30.1 Å². The van der Waals surface area contributed by atoms with Crippen molar-refractivity contribution in [2.75, 3.05) is 13.1 Å². The number of carbonyl (C=O) groups excluding carboxylic acids is 1. The fourth-order valence-corrected chi connectivity index (χ4v) is 3.80. The number of carboxylic acid groups (broad SMARTS) is 2. The average Bonchev–Trinajstić information content (AvgIpc) is 3.13. The summed E-state index contributed by atoms with van der Waals surface area (Å²) in [5.41, 5.74) is 2.06. The predicted octanol–water partition coefficient (Wildman–Crippen LogP) is 3.40. The third kappa shape index (κ3) is 6.91. The molecule has 0 saturated carbocycles. The highest BCUT2D eigenvalue weighted by Gasteiger charge is 2.20. The van der Waals surface area contributed by atoms with Gasteiger partial charge in [0.25, 0.3) is 5.91 Å². The standard InChI is InChI=1S/C22H23BrFN5O5/c23-14-5-8-18-17(10-14)28-19(29(18)12-13-3-6-15(24)7-4-13)20(30)26-11-16(27-22(33)34)2-1-9-25-21(31)32/h3-8,10,16,25,27H,1-2,9,11-12H2,(H,26,30)(H,31,32)(H,33,34)/t16-/m0/s1. The number of aromatic nitrogens is 2. The topological polar surface area (TPSA) is 146 Å². The van der Waals surface area contributed by atoms with Crippen LogP contribution in [-0.4, -0.2) is 57.0 Å². The molecule has 0 spiro atoms. The molecular formula is C22H23BrFN5O5. The number of imidazole rings is 1. The molecule has 12 heteroatoms. The van der Waals surface area contributed by atoms with Gasteiger partial charge < -0.3 is 30.7 Å². The minimum absolute atomic E-state index is 0.0122. The molecule has 0 bridgehead atoms. The number of hydrogen-bond donors (Lipinski definition) is 5. The first kappa shape index (κ1) is 25.0. The van der Waals surface area contributed by atoms with E-state index < -0.39 is 24.1 Å². The van der Waals surface area contributed by atoms with Gasteiger partial charge in [0.1, 0.15) is 5.82 Å². The van der Waals surface area contributed by atoms with Crippen LogP contribution in [0.4, 0.5) is 14.0 Å². The predicted molar refractivity (Wildman–Crippen MR) is 125 cm³/mol. The number of halogens is 2. The molecule has 0 aliphatic carbocycles. The van der Waals surface area contributed by atoms with Gasteiger partial charge in [-0.05, 0) is 48.7 Å². The van der Waals surface area contributed by atoms with Gasteiger partial charge in [0.15, 0.2) is 5.82 Å². The van der Waals surface area contributed by atoms with E-state index >= 15 is 0 Å². The van der Waals surface area contributed by atoms with E-state index in [0.29, 0.717) is 23.9 Å². The number of amides is 3. The fourth-order valence-electron chi connectivity index (χ4n) is 3.45. The molecule has 0 saturated heterocycles. The highest BCUT2D eigenvalue weighted by atomic mass is 79.9. The van der Waals surface area contributed by atoms with Crippen molar-refractivity contribution in [3.63, 3.8) is 0 Å². The van der Waals surface area contributed by atoms with Crippen LogP contribution < -0.4 is 16.0 Å². The van der Waals surface area contributed by atoms with Crippen molar-refractivity contribution in [1.82, 2.24) is 25.5 Å². The summed E-state index contributed by atoms with van der Waals surface area (Å²) in [5, 5.41) is 25.0. The Morgan fingerprint density at radius 2 is 1.79 bits per heavy atom. The minimum Gasteiger partial charge on any atom is -0.465 e. The quantitative estimate of drug-likeness (QED) is 0.251. The van der Waals surface area contributed by atoms with E-state index in [9.17, 15) is 18.8 Å². The monoisotopic (exact) mass is 535 g/mol. The SMILES string of the molecule is O=C(O)NCCC[C@@H](CNC(=O)c1nc2cc(Br)ccc2n1Cc1ccc(F)cc1)NC(=O)O. The van der Waals surface area contributed by atoms with Crippen LogP contribution in [0, 0.1) is 5.82 Å². The van der Waals surface area contributed by atoms with E-state index in [1.54, 1.807) is 22.8 Å². The van der Waals surface area contributed by atoms with Crippen LogP contribution >= 0.6 is 15.9 Å². The summed E-state index contributed by atoms with van der Waals surface area (Å²) < 4.78 is 15.8. The molecule has 0 fully saturated rings. The van der Waals surface area contributed by atoms with Crippen molar-refractivity contribution < 1.29 is 29.0 Å². The zero-order valence-electron chi connectivity index (χ0n) is 17.9. The summed E-state index contributed by atoms with van der Waals surface area (Å²) in [6, 6.07) is 10.7. The first-order valence-corrected chi connectivity index (χ1v) is 11.2. The summed E-state index contributed by atoms with van der Waals surface area (Å²) in [5.74, 6) is -0.744. The zero-order valence-corrected chi connectivity index (χ0v) is 19.5. The van der Waals surface area contributed by atoms with Gasteiger partial charge >= 0.3 is 12.2 Å². The van der Waals surface area contributed by atoms with Crippen molar-refractivity contribution in [3.8, 4) is 0 Å². The highest BCUT2D eigenvalue weighted by Crippen LogP contribution is 2.22. The fraction of sp³-hybridized carbons (Fsp3) is 0.273. The number of hydrogen-bond acceptors (Lipinski definition) is 4. The normalized spacial score (nSPS) is 11.7. The number of nitrogens with one attached hydrogen (secondary N) is 3. The molecule has 3 amide bonds. The molecule has 0 aliphatic rings. The molecule has 34 heavy (non-hydrogen) atoms. The molecular weight excluding hydrogens is 513 g/mol. The Morgan fingerprint density at radius 1 is 1.06 bits per heavy atom. The second kappa shape index (κ2) is 11.5. The van der Waals surface area contributed by atoms with Crippen LogP contribution in [-0.2, 0) is 6.54 Å². The van der Waals surface area contributed by atoms with Crippen LogP contribution in [0.2, 0.25) is 0 Å². The second-order valence-corrected chi connectivity index (χ2v) is 8.43. The van der Waals surface area contributed by atoms with E-state index in [4.69, 9.17) is 10.2 Å². The molecule has 3 rings (SSSR count). The van der Waals surface area contributed by atoms with Crippen LogP contribution in [0.3, 0.4) is 0 Å². The van der Waals surface area contributed by atoms with Gasteiger partial charge in [-0.15, -0.1) is 0 Å². The second-order valence-electron chi connectivity index (χ2n) is 7.51. The first-order valence-electron chi connectivity index (χ1n) is 10.4. The van der Waals surface area contributed by atoms with Gasteiger partial charge in [-0.1, -0.05) is 28.1 Å². The summed E-state index contributed by atoms with van der Waals surface area (Å²) in [6.45, 7) is 0.421. The van der Waals surface area contributed by atoms with Crippen molar-refractivity contribution in [1.29, 1.82) is 0 Å². The smallest absolute Gasteiger partial charge is 0.404 e. The van der Waals surface area contributed by atoms with Crippen LogP contribution in [0.15, 0.2) is 46.9 Å². The summed E-state index contributed by atoms with van der Waals surface area (Å²) in [6.07, 6.45) is -1.72. The molecule has 3 aromatic rings. The Kier molecular flexibility index (Phi) is 8.41. The number of fused-ring (bicyclic) bond motifs is 1. The Morgan fingerprint density at radius 3 is 2.47 bits per heavy atom. The summed E-state index contributed by atoms with van der Waals surface area (Å²) in [4.78, 5) is 39.2. The molecule has 0 unspecified atom stereocenters. The lowest BCUT2D eigenvalue weighted by atomic mass is 10.1. The van der Waals surface area contributed by atoms with E-state index in [-0.39, 0.29) is 31.3 Å². The lowest BCUT2D eigenvalue weighted by molar-refractivity contribution is 0.0933. The highest BCUT2D eigenvalue weighted by molar-refractivity contribution is 9.10. The number of carbonyl (C=O) groups is 3. The van der Waals surface area contributed by atoms with E-state index in [2.05, 4.69) is 36.9 Å². The van der Waals surface area contributed by atoms with Crippen LogP contribution in [0.1, 0.15) is 29.0 Å². The van der Waals surface area contributed by atoms with Gasteiger partial charge in [0.05, 0.1) is 11.0 Å². The first-order chi connectivity index (χ1) is 16.2. The Balaban J connectivity index is 1.77. The lowest BCUT2D eigenvalue weighted by Crippen LogP contribution is -2.44. The molecule has 10 nitrogen and oxygen atoms in total. The van der Waals surface area contributed by atoms with E-state index in [0.717, 1.165) is 10.0 Å². The molecule has 1 heterocycles. The molecule has 180 valence electrons. The molecule has 0 radical (unpaired) electrons. The zero-order chi connectivity index (χ0) is 24.7. The lowest BCUT2D eigenvalue weighted by Gasteiger charge is -2.18. The van der Waals surface area contributed by atoms with Gasteiger partial charge in [-0.2, -0.15) is 0 Å². The van der Waals surface area contributed by atoms with E-state index in [1.165, 1.54) is 12.1 Å². The van der Waals surface area contributed by atoms with Crippen LogP contribution in [0.25, 0.3) is 11.0 Å². The van der Waals surface area contributed by atoms with E-state index in [1.807, 2.05) is 12.1 Å². The molecule has 5 N–H and O–H groups in total. The Labute approximate surface area is 202 Å². The maximum absolute atomic E-state index is 13.3. The minimum atomic E-state index is -1.25. The van der Waals surface area contributed by atoms with Crippen molar-refractivity contribution in [2.45, 2.75) is 25.4 Å². The van der Waals surface area contributed by atoms with Crippen molar-refractivity contribution in [2.24, 2.45) is 0 Å². The molecule has 1 atom stereocenters. The number of rotatable bonds is 10. The third-order valence-corrected chi connectivity index (χ3v) is 5.50. The number of nitrogens with zero attached hydrogens (tertiary/aromatic N) is 2. The maximum atomic E-state index is 13.3. The van der Waals surface area contributed by atoms with Gasteiger partial charge in [0.2, 0.25) is 0 Å². The molecule has 1 aromatic heterocycles. The maximum Gasteiger partial charge on any atom is 0.404 e. The van der Waals surface area contributed by atoms with Crippen molar-refractivity contribution >= 4 is 45.1 Å². The molecule has 0 aliphatic heterocycles. The Bertz CT molecular complexity index is 1180. The summed E-state index contributed by atoms with van der Waals surface area (Å²) in [7, 11) is 0. The summed E-state index contributed by atoms with van der Waals surface area (Å²) >= 11 is 3.39. The Hall–Kier alpha value is -3.67. The number of benzene rings is 2. The van der Waals surface area contributed by atoms with Gasteiger partial charge in [-0.3, -0.25) is 4.79 Å². The van der Waals surface area contributed by atoms with Crippen LogP contribution in [0.5, 0.6) is 0 Å².